The van der Waals surface area contributed by atoms with Crippen LogP contribution < -0.4 is 5.73 Å². The first-order chi connectivity index (χ1) is 7.63. The van der Waals surface area contributed by atoms with Crippen molar-refractivity contribution < 1.29 is 9.53 Å². The van der Waals surface area contributed by atoms with Crippen molar-refractivity contribution in [2.24, 2.45) is 12.8 Å². The van der Waals surface area contributed by atoms with Crippen LogP contribution in [0.4, 0.5) is 0 Å². The predicted molar refractivity (Wildman–Crippen MR) is 64.0 cm³/mol. The first-order valence-corrected chi connectivity index (χ1v) is 6.17. The number of carbonyl (C=O) groups is 1. The van der Waals surface area contributed by atoms with E-state index in [2.05, 4.69) is 9.84 Å². The molecule has 0 amide bonds. The summed E-state index contributed by atoms with van der Waals surface area (Å²) >= 11 is 1.73. The van der Waals surface area contributed by atoms with Crippen LogP contribution in [0.1, 0.15) is 12.0 Å². The van der Waals surface area contributed by atoms with Crippen molar-refractivity contribution in [1.82, 2.24) is 9.78 Å². The number of rotatable bonds is 6. The molecule has 1 atom stereocenters. The zero-order valence-electron chi connectivity index (χ0n) is 9.55. The van der Waals surface area contributed by atoms with Gasteiger partial charge in [0.15, 0.2) is 0 Å². The Balaban J connectivity index is 2.14. The Hall–Kier alpha value is -1.01. The van der Waals surface area contributed by atoms with Gasteiger partial charge in [0.25, 0.3) is 0 Å². The number of nitrogens with zero attached hydrogens (tertiary/aromatic N) is 2. The molecular weight excluding hydrogens is 226 g/mol. The number of esters is 1. The van der Waals surface area contributed by atoms with Crippen molar-refractivity contribution in [2.75, 3.05) is 12.9 Å². The molecule has 1 heterocycles. The molecule has 16 heavy (non-hydrogen) atoms. The van der Waals surface area contributed by atoms with Crippen molar-refractivity contribution >= 4 is 17.7 Å². The molecular formula is C10H17N3O2S. The summed E-state index contributed by atoms with van der Waals surface area (Å²) in [4.78, 5) is 11.0. The summed E-state index contributed by atoms with van der Waals surface area (Å²) < 4.78 is 6.32. The molecule has 0 aliphatic rings. The van der Waals surface area contributed by atoms with Gasteiger partial charge >= 0.3 is 5.97 Å². The average molecular weight is 243 g/mol. The number of hydrogen-bond acceptors (Lipinski definition) is 5. The minimum atomic E-state index is -0.508. The van der Waals surface area contributed by atoms with E-state index in [0.29, 0.717) is 6.42 Å². The molecule has 0 spiro atoms. The zero-order chi connectivity index (χ0) is 12.0. The first-order valence-electron chi connectivity index (χ1n) is 5.02. The number of carbonyl (C=O) groups excluding carboxylic acids is 1. The van der Waals surface area contributed by atoms with Crippen molar-refractivity contribution in [3.63, 3.8) is 0 Å². The molecule has 0 saturated carbocycles. The quantitative estimate of drug-likeness (QED) is 0.583. The van der Waals surface area contributed by atoms with Gasteiger partial charge in [0, 0.05) is 19.0 Å². The van der Waals surface area contributed by atoms with Gasteiger partial charge in [0.2, 0.25) is 0 Å². The largest absolute Gasteiger partial charge is 0.468 e. The van der Waals surface area contributed by atoms with Gasteiger partial charge in [-0.25, -0.2) is 0 Å². The molecule has 0 bridgehead atoms. The third-order valence-electron chi connectivity index (χ3n) is 2.10. The molecule has 90 valence electrons. The van der Waals surface area contributed by atoms with Crippen LogP contribution in [0.5, 0.6) is 0 Å². The highest BCUT2D eigenvalue weighted by Crippen LogP contribution is 2.12. The van der Waals surface area contributed by atoms with Crippen molar-refractivity contribution in [2.45, 2.75) is 18.2 Å². The molecule has 1 unspecified atom stereocenters. The molecule has 2 N–H and O–H groups in total. The summed E-state index contributed by atoms with van der Waals surface area (Å²) in [6.07, 6.45) is 4.46. The molecule has 0 aliphatic carbocycles. The maximum Gasteiger partial charge on any atom is 0.322 e. The summed E-state index contributed by atoms with van der Waals surface area (Å²) in [6, 6.07) is -0.508. The van der Waals surface area contributed by atoms with Gasteiger partial charge in [-0.1, -0.05) is 0 Å². The van der Waals surface area contributed by atoms with Crippen LogP contribution in [0.15, 0.2) is 12.4 Å². The lowest BCUT2D eigenvalue weighted by molar-refractivity contribution is -0.142. The Kier molecular flexibility index (Phi) is 5.34. The molecule has 0 saturated heterocycles. The molecule has 1 aromatic heterocycles. The summed E-state index contributed by atoms with van der Waals surface area (Å²) in [7, 11) is 3.24. The Morgan fingerprint density at radius 2 is 2.50 bits per heavy atom. The van der Waals surface area contributed by atoms with Crippen molar-refractivity contribution in [3.8, 4) is 0 Å². The fourth-order valence-electron chi connectivity index (χ4n) is 1.22. The summed E-state index contributed by atoms with van der Waals surface area (Å²) in [5.74, 6) is 1.38. The Labute approximate surface area is 99.3 Å². The van der Waals surface area contributed by atoms with Gasteiger partial charge in [-0.3, -0.25) is 9.48 Å². The van der Waals surface area contributed by atoms with Crippen molar-refractivity contribution in [1.29, 1.82) is 0 Å². The van der Waals surface area contributed by atoms with Crippen LogP contribution in [0, 0.1) is 0 Å². The number of aromatic nitrogens is 2. The molecule has 1 rings (SSSR count). The second-order valence-electron chi connectivity index (χ2n) is 3.49. The Morgan fingerprint density at radius 3 is 3.06 bits per heavy atom. The van der Waals surface area contributed by atoms with E-state index in [4.69, 9.17) is 5.73 Å². The van der Waals surface area contributed by atoms with Gasteiger partial charge < -0.3 is 10.5 Å². The van der Waals surface area contributed by atoms with Crippen LogP contribution in [-0.4, -0.2) is 34.7 Å². The normalized spacial score (nSPS) is 12.4. The highest BCUT2D eigenvalue weighted by molar-refractivity contribution is 7.98. The van der Waals surface area contributed by atoms with E-state index < -0.39 is 6.04 Å². The van der Waals surface area contributed by atoms with Crippen LogP contribution in [0.3, 0.4) is 0 Å². The van der Waals surface area contributed by atoms with Crippen LogP contribution >= 0.6 is 11.8 Å². The number of nitrogens with two attached hydrogens (primary N) is 1. The molecule has 1 aromatic rings. The first kappa shape index (κ1) is 13.1. The monoisotopic (exact) mass is 243 g/mol. The Morgan fingerprint density at radius 1 is 1.75 bits per heavy atom. The second-order valence-corrected chi connectivity index (χ2v) is 4.60. The summed E-state index contributed by atoms with van der Waals surface area (Å²) in [5, 5.41) is 4.08. The molecule has 0 radical (unpaired) electrons. The van der Waals surface area contributed by atoms with E-state index in [0.717, 1.165) is 11.5 Å². The standard InChI is InChI=1S/C10H17N3O2S/c1-13-6-8(5-12-13)7-16-4-3-9(11)10(14)15-2/h5-6,9H,3-4,7,11H2,1-2H3. The maximum absolute atomic E-state index is 11.0. The smallest absolute Gasteiger partial charge is 0.322 e. The lowest BCUT2D eigenvalue weighted by Gasteiger charge is -2.07. The van der Waals surface area contributed by atoms with Crippen LogP contribution in [-0.2, 0) is 22.3 Å². The minimum Gasteiger partial charge on any atom is -0.468 e. The topological polar surface area (TPSA) is 70.1 Å². The van der Waals surface area contributed by atoms with E-state index in [1.807, 2.05) is 19.4 Å². The molecule has 0 aliphatic heterocycles. The molecule has 5 nitrogen and oxygen atoms in total. The van der Waals surface area contributed by atoms with Crippen molar-refractivity contribution in [3.05, 3.63) is 18.0 Å². The van der Waals surface area contributed by atoms with Gasteiger partial charge in [0.05, 0.1) is 13.3 Å². The van der Waals surface area contributed by atoms with E-state index in [9.17, 15) is 4.79 Å². The van der Waals surface area contributed by atoms with Gasteiger partial charge in [-0.15, -0.1) is 0 Å². The maximum atomic E-state index is 11.0. The molecule has 6 heteroatoms. The highest BCUT2D eigenvalue weighted by Gasteiger charge is 2.12. The SMILES string of the molecule is COC(=O)C(N)CCSCc1cnn(C)c1. The molecule has 0 aromatic carbocycles. The summed E-state index contributed by atoms with van der Waals surface area (Å²) in [6.45, 7) is 0. The fourth-order valence-corrected chi connectivity index (χ4v) is 2.17. The highest BCUT2D eigenvalue weighted by atomic mass is 32.2. The van der Waals surface area contributed by atoms with Crippen LogP contribution in [0.2, 0.25) is 0 Å². The van der Waals surface area contributed by atoms with Gasteiger partial charge in [-0.05, 0) is 17.7 Å². The van der Waals surface area contributed by atoms with Gasteiger partial charge in [-0.2, -0.15) is 16.9 Å². The number of aryl methyl sites for hydroxylation is 1. The zero-order valence-corrected chi connectivity index (χ0v) is 10.4. The predicted octanol–water partition coefficient (Wildman–Crippen LogP) is 0.544. The average Bonchev–Trinajstić information content (AvgIpc) is 2.69. The summed E-state index contributed by atoms with van der Waals surface area (Å²) in [5.41, 5.74) is 6.79. The molecule has 0 fully saturated rings. The number of ether oxygens (including phenoxy) is 1. The fraction of sp³-hybridized carbons (Fsp3) is 0.600. The number of thioether (sulfide) groups is 1. The van der Waals surface area contributed by atoms with E-state index in [1.54, 1.807) is 16.4 Å². The Bertz CT molecular complexity index is 341. The third kappa shape index (κ3) is 4.24. The second kappa shape index (κ2) is 6.55. The minimum absolute atomic E-state index is 0.345. The lowest BCUT2D eigenvalue weighted by atomic mass is 10.2. The van der Waals surface area contributed by atoms with Crippen LogP contribution in [0.25, 0.3) is 0 Å². The van der Waals surface area contributed by atoms with Gasteiger partial charge in [0.1, 0.15) is 6.04 Å². The number of hydrogen-bond donors (Lipinski definition) is 1. The van der Waals surface area contributed by atoms with E-state index in [-0.39, 0.29) is 5.97 Å². The number of methoxy groups -OCH3 is 1. The lowest BCUT2D eigenvalue weighted by Crippen LogP contribution is -2.31. The van der Waals surface area contributed by atoms with E-state index >= 15 is 0 Å². The van der Waals surface area contributed by atoms with E-state index in [1.165, 1.54) is 12.7 Å². The third-order valence-corrected chi connectivity index (χ3v) is 3.17.